The summed E-state index contributed by atoms with van der Waals surface area (Å²) < 4.78 is 51.1. The summed E-state index contributed by atoms with van der Waals surface area (Å²) in [5, 5.41) is 0. The molecule has 18 heavy (non-hydrogen) atoms. The third kappa shape index (κ3) is 3.60. The van der Waals surface area contributed by atoms with Crippen molar-refractivity contribution in [3.63, 3.8) is 0 Å². The monoisotopic (exact) mass is 264 g/mol. The quantitative estimate of drug-likeness (QED) is 0.846. The van der Waals surface area contributed by atoms with E-state index in [0.29, 0.717) is 5.56 Å². The summed E-state index contributed by atoms with van der Waals surface area (Å²) in [6, 6.07) is 3.60. The van der Waals surface area contributed by atoms with Gasteiger partial charge in [-0.3, -0.25) is 0 Å². The molecule has 1 aromatic rings. The average molecular weight is 264 g/mol. The highest BCUT2D eigenvalue weighted by molar-refractivity contribution is 5.56. The van der Waals surface area contributed by atoms with E-state index in [-0.39, 0.29) is 12.2 Å². The lowest BCUT2D eigenvalue weighted by Gasteiger charge is -2.28. The number of hydrogen-bond donors (Lipinski definition) is 1. The fourth-order valence-corrected chi connectivity index (χ4v) is 1.80. The highest BCUT2D eigenvalue weighted by atomic mass is 19.4. The Morgan fingerprint density at radius 2 is 1.94 bits per heavy atom. The van der Waals surface area contributed by atoms with Crippen molar-refractivity contribution in [2.24, 2.45) is 5.73 Å². The molecule has 0 amide bonds. The van der Waals surface area contributed by atoms with Crippen LogP contribution in [0.4, 0.5) is 23.2 Å². The SMILES string of the molecule is CCN(CC(F)(F)F)c1c(F)cccc1[C@@H](C)N. The van der Waals surface area contributed by atoms with Gasteiger partial charge in [0.1, 0.15) is 12.4 Å². The molecule has 1 rings (SSSR count). The van der Waals surface area contributed by atoms with Crippen LogP contribution < -0.4 is 10.6 Å². The van der Waals surface area contributed by atoms with Crippen molar-refractivity contribution in [1.29, 1.82) is 0 Å². The maximum Gasteiger partial charge on any atom is 0.405 e. The average Bonchev–Trinajstić information content (AvgIpc) is 2.24. The molecular weight excluding hydrogens is 248 g/mol. The van der Waals surface area contributed by atoms with Gasteiger partial charge in [0.25, 0.3) is 0 Å². The molecule has 0 spiro atoms. The van der Waals surface area contributed by atoms with Crippen molar-refractivity contribution in [3.8, 4) is 0 Å². The minimum Gasteiger partial charge on any atom is -0.360 e. The van der Waals surface area contributed by atoms with Crippen LogP contribution in [-0.2, 0) is 0 Å². The molecule has 0 heterocycles. The molecule has 0 aromatic heterocycles. The maximum atomic E-state index is 13.8. The number of nitrogens with two attached hydrogens (primary N) is 1. The Hall–Kier alpha value is -1.30. The van der Waals surface area contributed by atoms with Gasteiger partial charge in [-0.05, 0) is 25.5 Å². The predicted molar refractivity (Wildman–Crippen MR) is 62.9 cm³/mol. The third-order valence-electron chi connectivity index (χ3n) is 2.58. The molecule has 0 saturated heterocycles. The minimum absolute atomic E-state index is 0.0557. The van der Waals surface area contributed by atoms with Gasteiger partial charge >= 0.3 is 6.18 Å². The number of benzene rings is 1. The number of halogens is 4. The topological polar surface area (TPSA) is 29.3 Å². The molecule has 1 aromatic carbocycles. The zero-order chi connectivity index (χ0) is 13.9. The van der Waals surface area contributed by atoms with E-state index in [2.05, 4.69) is 0 Å². The Kier molecular flexibility index (Phi) is 4.56. The maximum absolute atomic E-state index is 13.8. The summed E-state index contributed by atoms with van der Waals surface area (Å²) in [5.41, 5.74) is 5.98. The van der Waals surface area contributed by atoms with Crippen LogP contribution in [-0.4, -0.2) is 19.3 Å². The van der Waals surface area contributed by atoms with Crippen molar-refractivity contribution in [2.45, 2.75) is 26.1 Å². The molecule has 2 N–H and O–H groups in total. The number of alkyl halides is 3. The van der Waals surface area contributed by atoms with Gasteiger partial charge in [-0.2, -0.15) is 13.2 Å². The van der Waals surface area contributed by atoms with Gasteiger partial charge in [0.05, 0.1) is 5.69 Å². The molecule has 0 aliphatic heterocycles. The molecule has 0 bridgehead atoms. The van der Waals surface area contributed by atoms with E-state index in [1.807, 2.05) is 0 Å². The van der Waals surface area contributed by atoms with Gasteiger partial charge in [-0.25, -0.2) is 4.39 Å². The molecule has 0 radical (unpaired) electrons. The van der Waals surface area contributed by atoms with E-state index in [1.165, 1.54) is 6.07 Å². The van der Waals surface area contributed by atoms with Gasteiger partial charge in [-0.1, -0.05) is 12.1 Å². The second-order valence-electron chi connectivity index (χ2n) is 4.10. The lowest BCUT2D eigenvalue weighted by atomic mass is 10.1. The first-order valence-electron chi connectivity index (χ1n) is 5.62. The van der Waals surface area contributed by atoms with Gasteiger partial charge in [0.2, 0.25) is 0 Å². The highest BCUT2D eigenvalue weighted by Gasteiger charge is 2.32. The summed E-state index contributed by atoms with van der Waals surface area (Å²) in [7, 11) is 0. The summed E-state index contributed by atoms with van der Waals surface area (Å²) in [4.78, 5) is 0.952. The Balaban J connectivity index is 3.19. The fourth-order valence-electron chi connectivity index (χ4n) is 1.80. The number of rotatable bonds is 4. The zero-order valence-electron chi connectivity index (χ0n) is 10.3. The Morgan fingerprint density at radius 3 is 2.39 bits per heavy atom. The molecule has 2 nitrogen and oxygen atoms in total. The normalized spacial score (nSPS) is 13.5. The van der Waals surface area contributed by atoms with E-state index in [1.54, 1.807) is 19.9 Å². The van der Waals surface area contributed by atoms with Crippen LogP contribution in [0.25, 0.3) is 0 Å². The summed E-state index contributed by atoms with van der Waals surface area (Å²) in [6.07, 6.45) is -4.38. The van der Waals surface area contributed by atoms with Crippen LogP contribution in [0.15, 0.2) is 18.2 Å². The van der Waals surface area contributed by atoms with Crippen molar-refractivity contribution in [2.75, 3.05) is 18.0 Å². The molecular formula is C12H16F4N2. The highest BCUT2D eigenvalue weighted by Crippen LogP contribution is 2.30. The van der Waals surface area contributed by atoms with Crippen molar-refractivity contribution >= 4 is 5.69 Å². The van der Waals surface area contributed by atoms with Crippen LogP contribution in [0.3, 0.4) is 0 Å². The molecule has 1 atom stereocenters. The van der Waals surface area contributed by atoms with Crippen LogP contribution in [0.1, 0.15) is 25.5 Å². The van der Waals surface area contributed by atoms with Gasteiger partial charge in [0.15, 0.2) is 0 Å². The Bertz CT molecular complexity index is 402. The van der Waals surface area contributed by atoms with Gasteiger partial charge in [0, 0.05) is 12.6 Å². The summed E-state index contributed by atoms with van der Waals surface area (Å²) in [6.45, 7) is 2.02. The molecule has 102 valence electrons. The smallest absolute Gasteiger partial charge is 0.360 e. The first kappa shape index (κ1) is 14.8. The predicted octanol–water partition coefficient (Wildman–Crippen LogP) is 3.23. The second-order valence-corrected chi connectivity index (χ2v) is 4.10. The van der Waals surface area contributed by atoms with Gasteiger partial charge in [-0.15, -0.1) is 0 Å². The van der Waals surface area contributed by atoms with Gasteiger partial charge < -0.3 is 10.6 Å². The second kappa shape index (κ2) is 5.56. The molecule has 0 aliphatic carbocycles. The lowest BCUT2D eigenvalue weighted by molar-refractivity contribution is -0.119. The van der Waals surface area contributed by atoms with Crippen LogP contribution >= 0.6 is 0 Å². The zero-order valence-corrected chi connectivity index (χ0v) is 10.3. The van der Waals surface area contributed by atoms with Crippen molar-refractivity contribution < 1.29 is 17.6 Å². The van der Waals surface area contributed by atoms with E-state index in [0.717, 1.165) is 11.0 Å². The number of anilines is 1. The summed E-state index contributed by atoms with van der Waals surface area (Å²) >= 11 is 0. The molecule has 0 saturated carbocycles. The number of nitrogens with zero attached hydrogens (tertiary/aromatic N) is 1. The van der Waals surface area contributed by atoms with Crippen LogP contribution in [0.5, 0.6) is 0 Å². The van der Waals surface area contributed by atoms with Crippen molar-refractivity contribution in [1.82, 2.24) is 0 Å². The van der Waals surface area contributed by atoms with Crippen molar-refractivity contribution in [3.05, 3.63) is 29.6 Å². The molecule has 0 fully saturated rings. The van der Waals surface area contributed by atoms with Crippen LogP contribution in [0, 0.1) is 5.82 Å². The lowest BCUT2D eigenvalue weighted by Crippen LogP contribution is -2.35. The molecule has 6 heteroatoms. The first-order valence-corrected chi connectivity index (χ1v) is 5.62. The van der Waals surface area contributed by atoms with E-state index in [4.69, 9.17) is 5.73 Å². The van der Waals surface area contributed by atoms with E-state index < -0.39 is 24.6 Å². The minimum atomic E-state index is -4.38. The van der Waals surface area contributed by atoms with Crippen LogP contribution in [0.2, 0.25) is 0 Å². The molecule has 0 aliphatic rings. The summed E-state index contributed by atoms with van der Waals surface area (Å²) in [5.74, 6) is -0.684. The largest absolute Gasteiger partial charge is 0.405 e. The first-order chi connectivity index (χ1) is 8.26. The fraction of sp³-hybridized carbons (Fsp3) is 0.500. The number of hydrogen-bond acceptors (Lipinski definition) is 2. The number of para-hydroxylation sites is 1. The Labute approximate surface area is 103 Å². The standard InChI is InChI=1S/C12H16F4N2/c1-3-18(7-12(14,15)16)11-9(8(2)17)5-4-6-10(11)13/h4-6,8H,3,7,17H2,1-2H3/t8-/m1/s1. The Morgan fingerprint density at radius 1 is 1.33 bits per heavy atom. The molecule has 0 unspecified atom stereocenters. The third-order valence-corrected chi connectivity index (χ3v) is 2.58. The van der Waals surface area contributed by atoms with E-state index >= 15 is 0 Å². The van der Waals surface area contributed by atoms with E-state index in [9.17, 15) is 17.6 Å².